The van der Waals surface area contributed by atoms with Crippen molar-refractivity contribution in [1.29, 1.82) is 0 Å². The van der Waals surface area contributed by atoms with Gasteiger partial charge in [0.25, 0.3) is 27.5 Å². The number of hydrogen-bond acceptors (Lipinski definition) is 13. The van der Waals surface area contributed by atoms with Crippen LogP contribution in [0.1, 0.15) is 69.3 Å². The lowest BCUT2D eigenvalue weighted by Crippen LogP contribution is -2.47. The molecule has 3 N–H and O–H groups in total. The lowest BCUT2D eigenvalue weighted by molar-refractivity contribution is -0.384. The lowest BCUT2D eigenvalue weighted by atomic mass is 9.72. The number of nitrogens with one attached hydrogen (secondary N) is 3. The van der Waals surface area contributed by atoms with Crippen molar-refractivity contribution < 1.29 is 31.9 Å². The number of nitro benzene ring substituents is 1. The third-order valence-corrected chi connectivity index (χ3v) is 16.9. The number of sulfonamides is 1. The molecule has 2 aliphatic heterocycles. The number of amides is 2. The molecule has 0 radical (unpaired) electrons. The Kier molecular flexibility index (Phi) is 14.8. The van der Waals surface area contributed by atoms with Crippen LogP contribution in [-0.2, 0) is 24.5 Å². The Labute approximate surface area is 408 Å². The summed E-state index contributed by atoms with van der Waals surface area (Å²) in [5.74, 6) is -0.422. The number of aromatic nitrogens is 2. The molecule has 4 heterocycles. The van der Waals surface area contributed by atoms with E-state index < -0.39 is 47.1 Å². The van der Waals surface area contributed by atoms with Crippen LogP contribution in [0, 0.1) is 15.5 Å². The number of aromatic amines is 1. The molecule has 17 nitrogen and oxygen atoms in total. The molecule has 366 valence electrons. The summed E-state index contributed by atoms with van der Waals surface area (Å²) in [6.45, 7) is 13.3. The Morgan fingerprint density at radius 1 is 1.00 bits per heavy atom. The van der Waals surface area contributed by atoms with Gasteiger partial charge in [0.15, 0.2) is 0 Å². The van der Waals surface area contributed by atoms with Crippen LogP contribution in [0.5, 0.6) is 11.5 Å². The quantitative estimate of drug-likeness (QED) is 0.0666. The van der Waals surface area contributed by atoms with E-state index in [1.165, 1.54) is 48.0 Å². The van der Waals surface area contributed by atoms with Crippen LogP contribution in [0.3, 0.4) is 0 Å². The molecule has 0 bridgehead atoms. The Morgan fingerprint density at radius 3 is 2.45 bits per heavy atom. The van der Waals surface area contributed by atoms with Crippen LogP contribution in [0.2, 0.25) is 5.02 Å². The highest BCUT2D eigenvalue weighted by atomic mass is 35.5. The van der Waals surface area contributed by atoms with Gasteiger partial charge in [0.05, 0.1) is 31.3 Å². The molecule has 0 unspecified atom stereocenters. The average Bonchev–Trinajstić information content (AvgIpc) is 3.77. The van der Waals surface area contributed by atoms with E-state index in [9.17, 15) is 32.3 Å². The third kappa shape index (κ3) is 12.3. The van der Waals surface area contributed by atoms with Crippen molar-refractivity contribution in [3.63, 3.8) is 0 Å². The Balaban J connectivity index is 0.960. The maximum Gasteiger partial charge on any atom is 0.293 e. The number of carbonyl (C=O) groups is 2. The van der Waals surface area contributed by atoms with Crippen LogP contribution < -0.4 is 19.7 Å². The molecule has 0 spiro atoms. The van der Waals surface area contributed by atoms with Gasteiger partial charge in [-0.2, -0.15) is 4.36 Å². The first kappa shape index (κ1) is 49.6. The molecular formula is C49H58ClN9O8S2. The molecule has 2 aromatic heterocycles. The van der Waals surface area contributed by atoms with Gasteiger partial charge in [-0.25, -0.2) is 22.3 Å². The number of carbonyl (C=O) groups excluding carboxylic acids is 2. The molecule has 69 heavy (non-hydrogen) atoms. The molecular weight excluding hydrogens is 942 g/mol. The van der Waals surface area contributed by atoms with Gasteiger partial charge in [0.2, 0.25) is 0 Å². The number of ether oxygens (including phenoxy) is 1. The van der Waals surface area contributed by atoms with Crippen molar-refractivity contribution in [2.24, 2.45) is 9.78 Å². The number of benzene rings is 3. The fraction of sp³-hybridized carbons (Fsp3) is 0.408. The van der Waals surface area contributed by atoms with E-state index in [0.29, 0.717) is 50.5 Å². The zero-order valence-corrected chi connectivity index (χ0v) is 41.6. The number of piperazine rings is 1. The average molecular weight is 1000 g/mol. The van der Waals surface area contributed by atoms with Gasteiger partial charge < -0.3 is 24.8 Å². The van der Waals surface area contributed by atoms with Gasteiger partial charge in [-0.1, -0.05) is 43.2 Å². The SMILES string of the molecule is CC(=O)N=S1(=O)CCN(CC[C@H](C)Nc2ccc(S(=O)(=O)NC(=O)c3ccc(N4CCN(CC5=C(c6ccc(Cl)cc6)CC(C)(C)CC5)CC4)cc3Oc3cnc4[nH]ccc4c3)cc2[N+](=O)[O-])CC1. The standard InChI is InChI=1S/C49H58ClN9O8S2/c1-33(15-18-56-23-25-68(64,26-24-56)54-34(2)60)53-44-12-10-41(29-45(44)59(62)63)69(65,66)55-48(61)42-11-9-39(28-46(42)67-40-27-36-14-17-51-47(36)52-31-40)58-21-19-57(20-22-58)32-37-13-16-49(3,4)30-43(37)35-5-7-38(50)8-6-35/h5-12,14,17,27-29,31,33,53H,13,15-16,18-26,30,32H2,1-4H3,(H,51,52)(H,55,61)/t33-/m0/s1. The molecule has 2 fully saturated rings. The normalized spacial score (nSPS) is 18.1. The molecule has 5 aromatic rings. The molecule has 3 aromatic carbocycles. The molecule has 2 saturated heterocycles. The first-order valence-electron chi connectivity index (χ1n) is 23.1. The van der Waals surface area contributed by atoms with E-state index in [2.05, 4.69) is 65.0 Å². The predicted octanol–water partition coefficient (Wildman–Crippen LogP) is 8.34. The number of pyridine rings is 1. The van der Waals surface area contributed by atoms with Gasteiger partial charge in [0, 0.05) is 111 Å². The number of fused-ring (bicyclic) bond motifs is 1. The van der Waals surface area contributed by atoms with E-state index in [1.807, 2.05) is 25.1 Å². The summed E-state index contributed by atoms with van der Waals surface area (Å²) in [7, 11) is -7.18. The van der Waals surface area contributed by atoms with Gasteiger partial charge >= 0.3 is 0 Å². The summed E-state index contributed by atoms with van der Waals surface area (Å²) in [5.41, 5.74) is 5.27. The topological polar surface area (TPSA) is 213 Å². The highest BCUT2D eigenvalue weighted by Crippen LogP contribution is 2.43. The summed E-state index contributed by atoms with van der Waals surface area (Å²) in [4.78, 5) is 50.8. The number of anilines is 2. The van der Waals surface area contributed by atoms with Crippen molar-refractivity contribution in [1.82, 2.24) is 24.5 Å². The number of allylic oxidation sites excluding steroid dienone is 1. The number of hydrogen-bond donors (Lipinski definition) is 3. The van der Waals surface area contributed by atoms with E-state index in [1.54, 1.807) is 24.4 Å². The second kappa shape index (κ2) is 20.6. The summed E-state index contributed by atoms with van der Waals surface area (Å²) in [6.07, 6.45) is 6.98. The maximum atomic E-state index is 14.0. The van der Waals surface area contributed by atoms with Crippen molar-refractivity contribution in [2.45, 2.75) is 64.3 Å². The van der Waals surface area contributed by atoms with Crippen LogP contribution >= 0.6 is 11.6 Å². The Morgan fingerprint density at radius 2 is 1.74 bits per heavy atom. The Bertz CT molecular complexity index is 3020. The molecule has 2 amide bonds. The second-order valence-electron chi connectivity index (χ2n) is 18.9. The number of rotatable bonds is 15. The van der Waals surface area contributed by atoms with Crippen molar-refractivity contribution >= 4 is 76.8 Å². The third-order valence-electron chi connectivity index (χ3n) is 13.1. The second-order valence-corrected chi connectivity index (χ2v) is 23.6. The summed E-state index contributed by atoms with van der Waals surface area (Å²) in [6, 6.07) is 19.9. The predicted molar refractivity (Wildman–Crippen MR) is 270 cm³/mol. The molecule has 3 aliphatic rings. The first-order valence-corrected chi connectivity index (χ1v) is 26.8. The van der Waals surface area contributed by atoms with Crippen LogP contribution in [0.4, 0.5) is 17.1 Å². The molecule has 1 atom stereocenters. The Hall–Kier alpha value is -5.86. The van der Waals surface area contributed by atoms with E-state index in [0.717, 1.165) is 61.1 Å². The minimum absolute atomic E-state index is 0.0667. The van der Waals surface area contributed by atoms with Crippen LogP contribution in [-0.4, -0.2) is 119 Å². The van der Waals surface area contributed by atoms with E-state index in [4.69, 9.17) is 16.3 Å². The highest BCUT2D eigenvalue weighted by Gasteiger charge is 2.31. The zero-order chi connectivity index (χ0) is 49.1. The minimum atomic E-state index is -4.63. The largest absolute Gasteiger partial charge is 0.455 e. The van der Waals surface area contributed by atoms with E-state index in [-0.39, 0.29) is 40.0 Å². The van der Waals surface area contributed by atoms with Crippen molar-refractivity contribution in [3.05, 3.63) is 117 Å². The number of halogens is 1. The van der Waals surface area contributed by atoms with Gasteiger partial charge in [-0.3, -0.25) is 24.6 Å². The first-order chi connectivity index (χ1) is 32.8. The number of nitro groups is 1. The van der Waals surface area contributed by atoms with Crippen molar-refractivity contribution in [2.75, 3.05) is 74.1 Å². The van der Waals surface area contributed by atoms with Crippen LogP contribution in [0.15, 0.2) is 100 Å². The number of H-pyrrole nitrogens is 1. The zero-order valence-electron chi connectivity index (χ0n) is 39.2. The van der Waals surface area contributed by atoms with Gasteiger partial charge in [0.1, 0.15) is 22.8 Å². The monoisotopic (exact) mass is 999 g/mol. The molecule has 20 heteroatoms. The fourth-order valence-electron chi connectivity index (χ4n) is 9.19. The summed E-state index contributed by atoms with van der Waals surface area (Å²) in [5, 5.41) is 16.9. The molecule has 8 rings (SSSR count). The molecule has 1 aliphatic carbocycles. The van der Waals surface area contributed by atoms with Crippen molar-refractivity contribution in [3.8, 4) is 11.5 Å². The smallest absolute Gasteiger partial charge is 0.293 e. The van der Waals surface area contributed by atoms with Crippen LogP contribution in [0.25, 0.3) is 16.6 Å². The number of nitrogens with zero attached hydrogens (tertiary/aromatic N) is 6. The van der Waals surface area contributed by atoms with E-state index >= 15 is 0 Å². The highest BCUT2D eigenvalue weighted by molar-refractivity contribution is 7.94. The van der Waals surface area contributed by atoms with Gasteiger partial charge in [-0.05, 0) is 97.7 Å². The summed E-state index contributed by atoms with van der Waals surface area (Å²) < 4.78 is 52.7. The molecule has 0 saturated carbocycles. The maximum absolute atomic E-state index is 14.0. The van der Waals surface area contributed by atoms with Gasteiger partial charge in [-0.15, -0.1) is 0 Å². The fourth-order valence-corrected chi connectivity index (χ4v) is 12.2. The minimum Gasteiger partial charge on any atom is -0.455 e. The summed E-state index contributed by atoms with van der Waals surface area (Å²) >= 11 is 6.25. The lowest BCUT2D eigenvalue weighted by Gasteiger charge is -2.39.